The number of benzene rings is 1. The number of carbonyl (C=O) groups is 1. The first-order chi connectivity index (χ1) is 10.4. The second-order valence-electron chi connectivity index (χ2n) is 5.09. The number of rotatable bonds is 4. The molecular formula is C14H14Cl5NO2. The molecule has 1 N–H and O–H groups in total. The minimum absolute atomic E-state index is 0.0338. The third-order valence-electron chi connectivity index (χ3n) is 3.49. The Morgan fingerprint density at radius 3 is 1.95 bits per heavy atom. The van der Waals surface area contributed by atoms with E-state index in [0.717, 1.165) is 25.7 Å². The van der Waals surface area contributed by atoms with Gasteiger partial charge in [0, 0.05) is 6.04 Å². The lowest BCUT2D eigenvalue weighted by molar-refractivity contribution is -0.124. The Labute approximate surface area is 154 Å². The lowest BCUT2D eigenvalue weighted by Gasteiger charge is -2.23. The molecule has 3 nitrogen and oxygen atoms in total. The van der Waals surface area contributed by atoms with E-state index in [0.29, 0.717) is 0 Å². The summed E-state index contributed by atoms with van der Waals surface area (Å²) < 4.78 is 5.38. The van der Waals surface area contributed by atoms with Gasteiger partial charge in [-0.1, -0.05) is 77.3 Å². The van der Waals surface area contributed by atoms with Crippen LogP contribution in [0.5, 0.6) is 5.75 Å². The van der Waals surface area contributed by atoms with Crippen LogP contribution in [0.25, 0.3) is 0 Å². The Hall–Kier alpha value is -0.0600. The van der Waals surface area contributed by atoms with Crippen LogP contribution in [0.15, 0.2) is 0 Å². The summed E-state index contributed by atoms with van der Waals surface area (Å²) in [6, 6.07) is 0.202. The van der Waals surface area contributed by atoms with Gasteiger partial charge in [-0.25, -0.2) is 0 Å². The van der Waals surface area contributed by atoms with E-state index in [4.69, 9.17) is 62.7 Å². The summed E-state index contributed by atoms with van der Waals surface area (Å²) in [7, 11) is 0. The van der Waals surface area contributed by atoms with Gasteiger partial charge < -0.3 is 10.1 Å². The lowest BCUT2D eigenvalue weighted by Crippen LogP contribution is -2.39. The normalized spacial score (nSPS) is 15.7. The van der Waals surface area contributed by atoms with Gasteiger partial charge in [0.15, 0.2) is 12.4 Å². The summed E-state index contributed by atoms with van der Waals surface area (Å²) in [5, 5.41) is 3.13. The Morgan fingerprint density at radius 1 is 0.909 bits per heavy atom. The molecule has 1 aromatic carbocycles. The maximum Gasteiger partial charge on any atom is 0.258 e. The number of carbonyl (C=O) groups excluding carboxylic acids is 1. The summed E-state index contributed by atoms with van der Waals surface area (Å²) in [4.78, 5) is 11.9. The summed E-state index contributed by atoms with van der Waals surface area (Å²) in [5.41, 5.74) is 0. The zero-order valence-corrected chi connectivity index (χ0v) is 15.3. The van der Waals surface area contributed by atoms with Gasteiger partial charge in [-0.05, 0) is 12.8 Å². The molecule has 1 amide bonds. The molecular weight excluding hydrogens is 391 g/mol. The molecule has 122 valence electrons. The maximum atomic E-state index is 11.9. The quantitative estimate of drug-likeness (QED) is 0.509. The minimum Gasteiger partial charge on any atom is -0.481 e. The first-order valence-corrected chi connectivity index (χ1v) is 8.74. The Balaban J connectivity index is 2.00. The van der Waals surface area contributed by atoms with Crippen LogP contribution < -0.4 is 10.1 Å². The van der Waals surface area contributed by atoms with Crippen molar-refractivity contribution in [2.75, 3.05) is 6.61 Å². The van der Waals surface area contributed by atoms with Gasteiger partial charge in [-0.2, -0.15) is 0 Å². The number of hydrogen-bond acceptors (Lipinski definition) is 2. The maximum absolute atomic E-state index is 11.9. The average Bonchev–Trinajstić information content (AvgIpc) is 2.52. The molecule has 2 rings (SSSR count). The summed E-state index contributed by atoms with van der Waals surface area (Å²) >= 11 is 29.8. The van der Waals surface area contributed by atoms with Crippen molar-refractivity contribution in [2.45, 2.75) is 38.1 Å². The fraction of sp³-hybridized carbons (Fsp3) is 0.500. The Morgan fingerprint density at radius 2 is 1.41 bits per heavy atom. The van der Waals surface area contributed by atoms with E-state index in [1.807, 2.05) is 0 Å². The molecule has 1 aliphatic rings. The minimum atomic E-state index is -0.235. The molecule has 0 unspecified atom stereocenters. The van der Waals surface area contributed by atoms with Crippen molar-refractivity contribution in [3.63, 3.8) is 0 Å². The van der Waals surface area contributed by atoms with Crippen LogP contribution in [0, 0.1) is 0 Å². The number of amides is 1. The van der Waals surface area contributed by atoms with E-state index in [-0.39, 0.29) is 49.4 Å². The van der Waals surface area contributed by atoms with E-state index in [1.54, 1.807) is 0 Å². The van der Waals surface area contributed by atoms with Gasteiger partial charge in [0.05, 0.1) is 15.1 Å². The molecule has 0 radical (unpaired) electrons. The highest BCUT2D eigenvalue weighted by atomic mass is 35.5. The highest BCUT2D eigenvalue weighted by Gasteiger charge is 2.22. The number of halogens is 5. The van der Waals surface area contributed by atoms with Crippen LogP contribution >= 0.6 is 58.0 Å². The molecule has 22 heavy (non-hydrogen) atoms. The summed E-state index contributed by atoms with van der Waals surface area (Å²) in [6.45, 7) is -0.218. The van der Waals surface area contributed by atoms with Crippen molar-refractivity contribution < 1.29 is 9.53 Å². The van der Waals surface area contributed by atoms with Gasteiger partial charge in [0.1, 0.15) is 10.0 Å². The fourth-order valence-electron chi connectivity index (χ4n) is 2.37. The van der Waals surface area contributed by atoms with Crippen molar-refractivity contribution in [1.82, 2.24) is 5.32 Å². The molecule has 0 atom stereocenters. The third kappa shape index (κ3) is 4.27. The molecule has 1 aromatic rings. The van der Waals surface area contributed by atoms with E-state index in [2.05, 4.69) is 5.32 Å². The molecule has 1 fully saturated rings. The van der Waals surface area contributed by atoms with E-state index >= 15 is 0 Å². The zero-order chi connectivity index (χ0) is 16.3. The highest BCUT2D eigenvalue weighted by molar-refractivity contribution is 6.55. The predicted octanol–water partition coefficient (Wildman–Crippen LogP) is 5.78. The smallest absolute Gasteiger partial charge is 0.258 e. The standard InChI is InChI=1S/C14H14Cl5NO2/c15-9-10(16)12(18)14(13(19)11(9)17)22-6-8(21)20-7-4-2-1-3-5-7/h7H,1-6H2,(H,20,21). The van der Waals surface area contributed by atoms with Crippen molar-refractivity contribution in [2.24, 2.45) is 0 Å². The second-order valence-corrected chi connectivity index (χ2v) is 6.98. The average molecular weight is 406 g/mol. The predicted molar refractivity (Wildman–Crippen MR) is 92.0 cm³/mol. The van der Waals surface area contributed by atoms with Crippen molar-refractivity contribution in [1.29, 1.82) is 0 Å². The van der Waals surface area contributed by atoms with Gasteiger partial charge >= 0.3 is 0 Å². The molecule has 1 aliphatic carbocycles. The van der Waals surface area contributed by atoms with Gasteiger partial charge in [0.2, 0.25) is 0 Å². The molecule has 0 spiro atoms. The van der Waals surface area contributed by atoms with Crippen LogP contribution in [0.2, 0.25) is 25.1 Å². The van der Waals surface area contributed by atoms with Crippen molar-refractivity contribution in [3.05, 3.63) is 25.1 Å². The second kappa shape index (κ2) is 8.16. The zero-order valence-electron chi connectivity index (χ0n) is 11.5. The highest BCUT2D eigenvalue weighted by Crippen LogP contribution is 2.48. The van der Waals surface area contributed by atoms with Crippen LogP contribution in [0.3, 0.4) is 0 Å². The SMILES string of the molecule is O=C(COc1c(Cl)c(Cl)c(Cl)c(Cl)c1Cl)NC1CCCCC1. The van der Waals surface area contributed by atoms with Crippen molar-refractivity contribution in [3.8, 4) is 5.75 Å². The van der Waals surface area contributed by atoms with Crippen LogP contribution in [0.1, 0.15) is 32.1 Å². The Kier molecular flexibility index (Phi) is 6.78. The topological polar surface area (TPSA) is 38.3 Å². The molecule has 0 aliphatic heterocycles. The van der Waals surface area contributed by atoms with Gasteiger partial charge in [0.25, 0.3) is 5.91 Å². The lowest BCUT2D eigenvalue weighted by atomic mass is 9.95. The van der Waals surface area contributed by atoms with Crippen LogP contribution in [0.4, 0.5) is 0 Å². The van der Waals surface area contributed by atoms with E-state index < -0.39 is 0 Å². The molecule has 0 saturated heterocycles. The third-order valence-corrected chi connectivity index (χ3v) is 5.73. The van der Waals surface area contributed by atoms with E-state index in [1.165, 1.54) is 6.42 Å². The van der Waals surface area contributed by atoms with Crippen molar-refractivity contribution >= 4 is 63.9 Å². The summed E-state index contributed by atoms with van der Waals surface area (Å²) in [5.74, 6) is -0.178. The largest absolute Gasteiger partial charge is 0.481 e. The van der Waals surface area contributed by atoms with Gasteiger partial charge in [-0.15, -0.1) is 0 Å². The monoisotopic (exact) mass is 403 g/mol. The fourth-order valence-corrected chi connectivity index (χ4v) is 3.60. The Bertz CT molecular complexity index is 544. The van der Waals surface area contributed by atoms with Gasteiger partial charge in [-0.3, -0.25) is 4.79 Å². The molecule has 0 heterocycles. The summed E-state index contributed by atoms with van der Waals surface area (Å²) in [6.07, 6.45) is 5.46. The molecule has 0 aromatic heterocycles. The van der Waals surface area contributed by atoms with E-state index in [9.17, 15) is 4.79 Å². The first-order valence-electron chi connectivity index (χ1n) is 6.85. The molecule has 1 saturated carbocycles. The van der Waals surface area contributed by atoms with Crippen LogP contribution in [-0.4, -0.2) is 18.6 Å². The number of nitrogens with one attached hydrogen (secondary N) is 1. The molecule has 8 heteroatoms. The number of hydrogen-bond donors (Lipinski definition) is 1. The number of ether oxygens (including phenoxy) is 1. The first kappa shape index (κ1) is 18.3. The molecule has 0 bridgehead atoms. The van der Waals surface area contributed by atoms with Crippen LogP contribution in [-0.2, 0) is 4.79 Å².